The monoisotopic (exact) mass is 328 g/mol. The van der Waals surface area contributed by atoms with Crippen molar-refractivity contribution in [1.82, 2.24) is 5.10 Å². The van der Waals surface area contributed by atoms with Crippen LogP contribution in [0, 0.1) is 6.92 Å². The number of aromatic amines is 2. The molecule has 0 unspecified atom stereocenters. The number of nitrogens with one attached hydrogen (secondary N) is 2. The summed E-state index contributed by atoms with van der Waals surface area (Å²) in [4.78, 5) is 15.4. The van der Waals surface area contributed by atoms with Gasteiger partial charge in [-0.2, -0.15) is 5.10 Å². The lowest BCUT2D eigenvalue weighted by molar-refractivity contribution is -0.448. The SMILES string of the molecule is Cc1ccc(OCC(=O)N(Cc2cccs2)c2c[nH][nH+]c2)cc1. The maximum absolute atomic E-state index is 12.6. The fourth-order valence-corrected chi connectivity index (χ4v) is 2.86. The molecule has 0 saturated carbocycles. The van der Waals surface area contributed by atoms with Crippen LogP contribution in [0.4, 0.5) is 5.69 Å². The van der Waals surface area contributed by atoms with Gasteiger partial charge in [0, 0.05) is 4.88 Å². The Morgan fingerprint density at radius 2 is 2.13 bits per heavy atom. The smallest absolute Gasteiger partial charge is 0.265 e. The standard InChI is InChI=1S/C17H17N3O2S/c1-13-4-6-15(7-5-13)22-12-17(21)20(14-9-18-19-10-14)11-16-3-2-8-23-16/h2-10H,11-12H2,1H3,(H,18,19)/p+1. The molecule has 0 bridgehead atoms. The Balaban J connectivity index is 1.68. The molecule has 2 aromatic heterocycles. The van der Waals surface area contributed by atoms with E-state index in [1.807, 2.05) is 48.7 Å². The second-order valence-corrected chi connectivity index (χ2v) is 6.20. The van der Waals surface area contributed by atoms with Crippen LogP contribution < -0.4 is 14.7 Å². The molecule has 2 heterocycles. The molecule has 0 fully saturated rings. The zero-order valence-corrected chi connectivity index (χ0v) is 13.6. The largest absolute Gasteiger partial charge is 0.484 e. The molecular formula is C17H18N3O2S+. The van der Waals surface area contributed by atoms with E-state index in [0.29, 0.717) is 12.3 Å². The lowest BCUT2D eigenvalue weighted by Crippen LogP contribution is -2.34. The molecule has 5 nitrogen and oxygen atoms in total. The van der Waals surface area contributed by atoms with Crippen LogP contribution in [0.1, 0.15) is 10.4 Å². The first-order valence-corrected chi connectivity index (χ1v) is 8.17. The van der Waals surface area contributed by atoms with Gasteiger partial charge >= 0.3 is 0 Å². The fraction of sp³-hybridized carbons (Fsp3) is 0.176. The van der Waals surface area contributed by atoms with E-state index in [1.54, 1.807) is 28.6 Å². The van der Waals surface area contributed by atoms with Crippen LogP contribution in [-0.2, 0) is 11.3 Å². The van der Waals surface area contributed by atoms with Gasteiger partial charge in [0.2, 0.25) is 6.20 Å². The topological polar surface area (TPSA) is 59.5 Å². The molecule has 0 aliphatic heterocycles. The maximum atomic E-state index is 12.6. The first-order chi connectivity index (χ1) is 11.2. The minimum absolute atomic E-state index is 0.000381. The summed E-state index contributed by atoms with van der Waals surface area (Å²) in [5, 5.41) is 7.74. The highest BCUT2D eigenvalue weighted by atomic mass is 32.1. The van der Waals surface area contributed by atoms with Crippen molar-refractivity contribution in [1.29, 1.82) is 0 Å². The number of hydrogen-bond donors (Lipinski definition) is 1. The third-order valence-electron chi connectivity index (χ3n) is 3.41. The number of aromatic nitrogens is 2. The normalized spacial score (nSPS) is 10.5. The van der Waals surface area contributed by atoms with E-state index in [9.17, 15) is 4.79 Å². The number of aryl methyl sites for hydroxylation is 1. The summed E-state index contributed by atoms with van der Waals surface area (Å²) in [6.45, 7) is 2.54. The summed E-state index contributed by atoms with van der Waals surface area (Å²) in [6.07, 6.45) is 3.52. The number of carbonyl (C=O) groups excluding carboxylic acids is 1. The average Bonchev–Trinajstić information content (AvgIpc) is 3.25. The molecular weight excluding hydrogens is 310 g/mol. The van der Waals surface area contributed by atoms with Gasteiger partial charge in [0.25, 0.3) is 5.91 Å². The molecule has 0 aliphatic carbocycles. The molecule has 1 aromatic carbocycles. The minimum Gasteiger partial charge on any atom is -0.484 e. The van der Waals surface area contributed by atoms with Gasteiger partial charge in [-0.05, 0) is 30.5 Å². The van der Waals surface area contributed by atoms with Crippen LogP contribution in [-0.4, -0.2) is 17.6 Å². The second-order valence-electron chi connectivity index (χ2n) is 5.16. The molecule has 3 rings (SSSR count). The Bertz CT molecular complexity index is 737. The Hall–Kier alpha value is -2.60. The van der Waals surface area contributed by atoms with E-state index in [4.69, 9.17) is 4.74 Å². The van der Waals surface area contributed by atoms with Gasteiger partial charge < -0.3 is 4.74 Å². The number of ether oxygens (including phenoxy) is 1. The van der Waals surface area contributed by atoms with Gasteiger partial charge in [0.15, 0.2) is 6.61 Å². The Labute approximate surface area is 138 Å². The Morgan fingerprint density at radius 3 is 2.78 bits per heavy atom. The summed E-state index contributed by atoms with van der Waals surface area (Å²) in [6, 6.07) is 11.7. The van der Waals surface area contributed by atoms with Crippen molar-refractivity contribution < 1.29 is 14.6 Å². The predicted octanol–water partition coefficient (Wildman–Crippen LogP) is 2.81. The second kappa shape index (κ2) is 7.11. The van der Waals surface area contributed by atoms with E-state index in [-0.39, 0.29) is 12.5 Å². The van der Waals surface area contributed by atoms with E-state index in [2.05, 4.69) is 10.2 Å². The number of anilines is 1. The van der Waals surface area contributed by atoms with Crippen molar-refractivity contribution in [3.05, 3.63) is 64.6 Å². The van der Waals surface area contributed by atoms with Crippen molar-refractivity contribution in [2.75, 3.05) is 11.5 Å². The predicted molar refractivity (Wildman–Crippen MR) is 89.5 cm³/mol. The molecule has 2 N–H and O–H groups in total. The molecule has 23 heavy (non-hydrogen) atoms. The van der Waals surface area contributed by atoms with Crippen LogP contribution in [0.5, 0.6) is 5.75 Å². The van der Waals surface area contributed by atoms with Crippen molar-refractivity contribution in [2.45, 2.75) is 13.5 Å². The Morgan fingerprint density at radius 1 is 1.30 bits per heavy atom. The Kier molecular flexibility index (Phi) is 4.73. The number of amides is 1. The molecule has 0 saturated heterocycles. The third kappa shape index (κ3) is 3.98. The number of H-pyrrole nitrogens is 2. The summed E-state index contributed by atoms with van der Waals surface area (Å²) in [5.41, 5.74) is 1.95. The van der Waals surface area contributed by atoms with Crippen LogP contribution in [0.3, 0.4) is 0 Å². The van der Waals surface area contributed by atoms with Gasteiger partial charge in [-0.1, -0.05) is 23.8 Å². The number of hydrogen-bond acceptors (Lipinski definition) is 3. The highest BCUT2D eigenvalue weighted by Gasteiger charge is 2.20. The number of benzene rings is 1. The van der Waals surface area contributed by atoms with Gasteiger partial charge in [0.1, 0.15) is 11.4 Å². The molecule has 0 radical (unpaired) electrons. The van der Waals surface area contributed by atoms with Gasteiger partial charge in [-0.25, -0.2) is 0 Å². The molecule has 6 heteroatoms. The number of thiophene rings is 1. The van der Waals surface area contributed by atoms with Crippen LogP contribution in [0.2, 0.25) is 0 Å². The number of rotatable bonds is 6. The molecule has 1 amide bonds. The van der Waals surface area contributed by atoms with Gasteiger partial charge in [-0.15, -0.1) is 16.4 Å². The van der Waals surface area contributed by atoms with Crippen LogP contribution in [0.25, 0.3) is 0 Å². The maximum Gasteiger partial charge on any atom is 0.265 e. The zero-order valence-electron chi connectivity index (χ0n) is 12.8. The van der Waals surface area contributed by atoms with Crippen molar-refractivity contribution >= 4 is 22.9 Å². The first kappa shape index (κ1) is 15.3. The zero-order chi connectivity index (χ0) is 16.1. The molecule has 0 spiro atoms. The van der Waals surface area contributed by atoms with E-state index < -0.39 is 0 Å². The number of nitrogens with zero attached hydrogens (tertiary/aromatic N) is 1. The highest BCUT2D eigenvalue weighted by molar-refractivity contribution is 7.09. The molecule has 118 valence electrons. The van der Waals surface area contributed by atoms with Crippen molar-refractivity contribution in [3.8, 4) is 5.75 Å². The molecule has 0 aliphatic rings. The van der Waals surface area contributed by atoms with Crippen LogP contribution >= 0.6 is 11.3 Å². The third-order valence-corrected chi connectivity index (χ3v) is 4.27. The average molecular weight is 328 g/mol. The quantitative estimate of drug-likeness (QED) is 0.756. The van der Waals surface area contributed by atoms with E-state index in [0.717, 1.165) is 16.1 Å². The summed E-state index contributed by atoms with van der Waals surface area (Å²) < 4.78 is 5.61. The lowest BCUT2D eigenvalue weighted by atomic mass is 10.2. The van der Waals surface area contributed by atoms with E-state index >= 15 is 0 Å². The van der Waals surface area contributed by atoms with Crippen molar-refractivity contribution in [2.24, 2.45) is 0 Å². The first-order valence-electron chi connectivity index (χ1n) is 7.29. The van der Waals surface area contributed by atoms with Crippen molar-refractivity contribution in [3.63, 3.8) is 0 Å². The lowest BCUT2D eigenvalue weighted by Gasteiger charge is -2.19. The fourth-order valence-electron chi connectivity index (χ4n) is 2.17. The summed E-state index contributed by atoms with van der Waals surface area (Å²) >= 11 is 1.63. The summed E-state index contributed by atoms with van der Waals surface area (Å²) in [5.74, 6) is 0.604. The van der Waals surface area contributed by atoms with Gasteiger partial charge in [-0.3, -0.25) is 9.69 Å². The molecule has 0 atom stereocenters. The highest BCUT2D eigenvalue weighted by Crippen LogP contribution is 2.18. The summed E-state index contributed by atoms with van der Waals surface area (Å²) in [7, 11) is 0. The van der Waals surface area contributed by atoms with Crippen LogP contribution in [0.15, 0.2) is 54.2 Å². The molecule has 3 aromatic rings. The van der Waals surface area contributed by atoms with Gasteiger partial charge in [0.05, 0.1) is 12.7 Å². The van der Waals surface area contributed by atoms with E-state index in [1.165, 1.54) is 0 Å². The minimum atomic E-state index is -0.0908. The number of carbonyl (C=O) groups is 1.